The van der Waals surface area contributed by atoms with Crippen molar-refractivity contribution < 1.29 is 14.7 Å². The van der Waals surface area contributed by atoms with Gasteiger partial charge in [-0.05, 0) is 50.4 Å². The second-order valence-electron chi connectivity index (χ2n) is 6.57. The van der Waals surface area contributed by atoms with Crippen LogP contribution in [0.25, 0.3) is 0 Å². The van der Waals surface area contributed by atoms with Gasteiger partial charge in [-0.1, -0.05) is 20.3 Å². The number of rotatable bonds is 3. The van der Waals surface area contributed by atoms with Gasteiger partial charge >= 0.3 is 5.97 Å². The lowest BCUT2D eigenvalue weighted by Crippen LogP contribution is -2.57. The van der Waals surface area contributed by atoms with E-state index in [9.17, 15) is 14.7 Å². The molecule has 0 aromatic heterocycles. The number of carbonyl (C=O) groups excluding carboxylic acids is 1. The summed E-state index contributed by atoms with van der Waals surface area (Å²) in [5.74, 6) is 0.0547. The molecule has 4 nitrogen and oxygen atoms in total. The minimum absolute atomic E-state index is 0.00979. The van der Waals surface area contributed by atoms with E-state index in [1.54, 1.807) is 0 Å². The highest BCUT2D eigenvalue weighted by Crippen LogP contribution is 2.35. The highest BCUT2D eigenvalue weighted by molar-refractivity contribution is 5.88. The number of carbonyl (C=O) groups is 2. The third-order valence-electron chi connectivity index (χ3n) is 5.10. The predicted octanol–water partition coefficient (Wildman–Crippen LogP) is 2.57. The number of hydrogen-bond donors (Lipinski definition) is 2. The van der Waals surface area contributed by atoms with Crippen LogP contribution in [0.3, 0.4) is 0 Å². The van der Waals surface area contributed by atoms with Crippen LogP contribution in [0.2, 0.25) is 0 Å². The minimum Gasteiger partial charge on any atom is -0.480 e. The maximum Gasteiger partial charge on any atom is 0.329 e. The zero-order chi connectivity index (χ0) is 14.0. The zero-order valence-electron chi connectivity index (χ0n) is 11.9. The normalized spacial score (nSPS) is 38.9. The summed E-state index contributed by atoms with van der Waals surface area (Å²) in [4.78, 5) is 23.9. The maximum atomic E-state index is 12.3. The van der Waals surface area contributed by atoms with E-state index in [1.807, 2.05) is 0 Å². The van der Waals surface area contributed by atoms with Crippen molar-refractivity contribution in [1.82, 2.24) is 5.32 Å². The average molecular weight is 267 g/mol. The molecule has 0 saturated heterocycles. The molecule has 2 N–H and O–H groups in total. The van der Waals surface area contributed by atoms with Crippen molar-refractivity contribution in [3.05, 3.63) is 0 Å². The van der Waals surface area contributed by atoms with Crippen LogP contribution >= 0.6 is 0 Å². The molecular weight excluding hydrogens is 242 g/mol. The Morgan fingerprint density at radius 3 is 2.21 bits per heavy atom. The molecule has 0 aromatic carbocycles. The van der Waals surface area contributed by atoms with E-state index in [4.69, 9.17) is 0 Å². The van der Waals surface area contributed by atoms with E-state index in [-0.39, 0.29) is 11.8 Å². The zero-order valence-corrected chi connectivity index (χ0v) is 11.9. The van der Waals surface area contributed by atoms with Crippen LogP contribution in [-0.4, -0.2) is 22.5 Å². The molecule has 2 atom stereocenters. The molecule has 0 radical (unpaired) electrons. The lowest BCUT2D eigenvalue weighted by molar-refractivity contribution is -0.150. The van der Waals surface area contributed by atoms with Gasteiger partial charge in [-0.3, -0.25) is 4.79 Å². The SMILES string of the molecule is CC1CCC(NC(=O)C2CCCC2C)(C(=O)O)CC1. The molecule has 2 aliphatic rings. The number of aliphatic carboxylic acids is 1. The molecule has 0 bridgehead atoms. The molecule has 2 rings (SSSR count). The highest BCUT2D eigenvalue weighted by Gasteiger charge is 2.44. The summed E-state index contributed by atoms with van der Waals surface area (Å²) in [6, 6.07) is 0. The van der Waals surface area contributed by atoms with Crippen LogP contribution in [0.15, 0.2) is 0 Å². The Kier molecular flexibility index (Phi) is 4.16. The summed E-state index contributed by atoms with van der Waals surface area (Å²) < 4.78 is 0. The minimum atomic E-state index is -1.01. The summed E-state index contributed by atoms with van der Waals surface area (Å²) in [6.45, 7) is 4.24. The Bertz CT molecular complexity index is 358. The van der Waals surface area contributed by atoms with Gasteiger partial charge in [-0.2, -0.15) is 0 Å². The lowest BCUT2D eigenvalue weighted by atomic mass is 9.76. The number of hydrogen-bond acceptors (Lipinski definition) is 2. The summed E-state index contributed by atoms with van der Waals surface area (Å²) in [7, 11) is 0. The van der Waals surface area contributed by atoms with Crippen molar-refractivity contribution in [3.8, 4) is 0 Å². The van der Waals surface area contributed by atoms with E-state index in [0.717, 1.165) is 32.1 Å². The molecule has 2 fully saturated rings. The first-order chi connectivity index (χ1) is 8.94. The van der Waals surface area contributed by atoms with Gasteiger partial charge in [-0.25, -0.2) is 4.79 Å². The van der Waals surface area contributed by atoms with Crippen molar-refractivity contribution in [2.24, 2.45) is 17.8 Å². The molecule has 2 saturated carbocycles. The molecule has 19 heavy (non-hydrogen) atoms. The van der Waals surface area contributed by atoms with E-state index < -0.39 is 11.5 Å². The molecule has 0 heterocycles. The van der Waals surface area contributed by atoms with Crippen LogP contribution in [0, 0.1) is 17.8 Å². The fraction of sp³-hybridized carbons (Fsp3) is 0.867. The van der Waals surface area contributed by atoms with E-state index in [0.29, 0.717) is 24.7 Å². The number of nitrogens with one attached hydrogen (secondary N) is 1. The molecule has 0 spiro atoms. The van der Waals surface area contributed by atoms with Gasteiger partial charge in [-0.15, -0.1) is 0 Å². The highest BCUT2D eigenvalue weighted by atomic mass is 16.4. The van der Waals surface area contributed by atoms with E-state index >= 15 is 0 Å². The maximum absolute atomic E-state index is 12.3. The fourth-order valence-corrected chi connectivity index (χ4v) is 3.51. The van der Waals surface area contributed by atoms with Crippen molar-refractivity contribution in [2.75, 3.05) is 0 Å². The van der Waals surface area contributed by atoms with Crippen LogP contribution in [0.1, 0.15) is 58.8 Å². The first-order valence-electron chi connectivity index (χ1n) is 7.50. The van der Waals surface area contributed by atoms with Gasteiger partial charge in [0.05, 0.1) is 0 Å². The Morgan fingerprint density at radius 1 is 1.11 bits per heavy atom. The second kappa shape index (κ2) is 5.51. The Labute approximate surface area is 115 Å². The second-order valence-corrected chi connectivity index (χ2v) is 6.57. The summed E-state index contributed by atoms with van der Waals surface area (Å²) in [6.07, 6.45) is 5.96. The molecule has 2 aliphatic carbocycles. The van der Waals surface area contributed by atoms with Crippen LogP contribution < -0.4 is 5.32 Å². The average Bonchev–Trinajstić information content (AvgIpc) is 2.78. The number of carboxylic acids is 1. The molecule has 108 valence electrons. The number of carboxylic acid groups (broad SMARTS) is 1. The summed E-state index contributed by atoms with van der Waals surface area (Å²) >= 11 is 0. The van der Waals surface area contributed by atoms with Crippen molar-refractivity contribution >= 4 is 11.9 Å². The molecule has 1 amide bonds. The lowest BCUT2D eigenvalue weighted by Gasteiger charge is -2.37. The molecular formula is C15H25NO3. The van der Waals surface area contributed by atoms with Crippen LogP contribution in [0.5, 0.6) is 0 Å². The van der Waals surface area contributed by atoms with Gasteiger partial charge in [0.1, 0.15) is 5.54 Å². The molecule has 4 heteroatoms. The first-order valence-corrected chi connectivity index (χ1v) is 7.50. The quantitative estimate of drug-likeness (QED) is 0.826. The monoisotopic (exact) mass is 267 g/mol. The fourth-order valence-electron chi connectivity index (χ4n) is 3.51. The van der Waals surface area contributed by atoms with Gasteiger partial charge in [0.25, 0.3) is 0 Å². The largest absolute Gasteiger partial charge is 0.480 e. The van der Waals surface area contributed by atoms with Crippen molar-refractivity contribution in [1.29, 1.82) is 0 Å². The van der Waals surface area contributed by atoms with Gasteiger partial charge < -0.3 is 10.4 Å². The van der Waals surface area contributed by atoms with Crippen molar-refractivity contribution in [2.45, 2.75) is 64.3 Å². The van der Waals surface area contributed by atoms with Gasteiger partial charge in [0.15, 0.2) is 0 Å². The third kappa shape index (κ3) is 2.93. The Balaban J connectivity index is 2.04. The Hall–Kier alpha value is -1.06. The standard InChI is InChI=1S/C15H25NO3/c1-10-6-8-15(9-7-10,14(18)19)16-13(17)12-5-3-4-11(12)2/h10-12H,3-9H2,1-2H3,(H,16,17)(H,18,19). The third-order valence-corrected chi connectivity index (χ3v) is 5.10. The van der Waals surface area contributed by atoms with E-state index in [1.165, 1.54) is 0 Å². The van der Waals surface area contributed by atoms with Crippen LogP contribution in [0.4, 0.5) is 0 Å². The number of amides is 1. The van der Waals surface area contributed by atoms with Crippen molar-refractivity contribution in [3.63, 3.8) is 0 Å². The Morgan fingerprint density at radius 2 is 1.74 bits per heavy atom. The first kappa shape index (κ1) is 14.4. The molecule has 0 aromatic rings. The van der Waals surface area contributed by atoms with Crippen LogP contribution in [-0.2, 0) is 9.59 Å². The summed E-state index contributed by atoms with van der Waals surface area (Å²) in [5.41, 5.74) is -1.01. The smallest absolute Gasteiger partial charge is 0.329 e. The topological polar surface area (TPSA) is 66.4 Å². The molecule has 2 unspecified atom stereocenters. The van der Waals surface area contributed by atoms with E-state index in [2.05, 4.69) is 19.2 Å². The molecule has 0 aliphatic heterocycles. The summed E-state index contributed by atoms with van der Waals surface area (Å²) in [5, 5.41) is 12.4. The predicted molar refractivity (Wildman–Crippen MR) is 72.6 cm³/mol. The van der Waals surface area contributed by atoms with Gasteiger partial charge in [0.2, 0.25) is 5.91 Å². The van der Waals surface area contributed by atoms with Gasteiger partial charge in [0, 0.05) is 5.92 Å².